The minimum atomic E-state index is 1.00. The van der Waals surface area contributed by atoms with E-state index in [9.17, 15) is 0 Å². The molecule has 1 saturated heterocycles. The molecule has 0 amide bonds. The van der Waals surface area contributed by atoms with Gasteiger partial charge in [0.15, 0.2) is 0 Å². The van der Waals surface area contributed by atoms with Gasteiger partial charge in [-0.25, -0.2) is 0 Å². The summed E-state index contributed by atoms with van der Waals surface area (Å²) in [5.41, 5.74) is 4.06. The highest BCUT2D eigenvalue weighted by Gasteiger charge is 2.03. The van der Waals surface area contributed by atoms with Crippen LogP contribution in [0.4, 0.5) is 0 Å². The van der Waals surface area contributed by atoms with Crippen LogP contribution in [0.2, 0.25) is 0 Å². The van der Waals surface area contributed by atoms with E-state index in [2.05, 4.69) is 34.2 Å². The van der Waals surface area contributed by atoms with Crippen molar-refractivity contribution in [3.05, 3.63) is 47.8 Å². The number of aryl methyl sites for hydroxylation is 2. The van der Waals surface area contributed by atoms with Gasteiger partial charge >= 0.3 is 0 Å². The quantitative estimate of drug-likeness (QED) is 0.579. The highest BCUT2D eigenvalue weighted by atomic mass is 16.5. The Morgan fingerprint density at radius 1 is 0.714 bits per heavy atom. The number of fused-ring (bicyclic) bond motifs is 3. The lowest BCUT2D eigenvalue weighted by molar-refractivity contribution is 0.198. The first-order chi connectivity index (χ1) is 10.2. The second kappa shape index (κ2) is 6.19. The van der Waals surface area contributed by atoms with Crippen molar-refractivity contribution in [3.63, 3.8) is 0 Å². The summed E-state index contributed by atoms with van der Waals surface area (Å²) in [6.07, 6.45) is 2.56. The lowest BCUT2D eigenvalue weighted by Crippen LogP contribution is -1.89. The Bertz CT molecular complexity index is 695. The molecule has 0 bridgehead atoms. The topological polar surface area (TPSA) is 35.0 Å². The molecule has 3 heteroatoms. The summed E-state index contributed by atoms with van der Waals surface area (Å²) in [6, 6.07) is 12.5. The molecule has 3 heterocycles. The molecule has 108 valence electrons. The molecule has 0 spiro atoms. The van der Waals surface area contributed by atoms with Gasteiger partial charge in [0.25, 0.3) is 0 Å². The van der Waals surface area contributed by atoms with Crippen molar-refractivity contribution < 1.29 is 4.74 Å². The van der Waals surface area contributed by atoms with Crippen LogP contribution in [0, 0.1) is 13.8 Å². The monoisotopic (exact) mass is 280 g/mol. The molecule has 0 unspecified atom stereocenters. The van der Waals surface area contributed by atoms with E-state index in [-0.39, 0.29) is 0 Å². The molecule has 0 atom stereocenters. The number of hydrogen-bond donors (Lipinski definition) is 0. The third kappa shape index (κ3) is 3.19. The minimum Gasteiger partial charge on any atom is -0.381 e. The van der Waals surface area contributed by atoms with E-state index in [0.717, 1.165) is 46.4 Å². The summed E-state index contributed by atoms with van der Waals surface area (Å²) in [4.78, 5) is 9.16. The fraction of sp³-hybridized carbons (Fsp3) is 0.333. The molecule has 0 aliphatic carbocycles. The van der Waals surface area contributed by atoms with Crippen molar-refractivity contribution in [1.82, 2.24) is 9.97 Å². The third-order valence-electron chi connectivity index (χ3n) is 3.63. The zero-order valence-corrected chi connectivity index (χ0v) is 12.6. The van der Waals surface area contributed by atoms with Crippen LogP contribution in [0.5, 0.6) is 0 Å². The zero-order valence-electron chi connectivity index (χ0n) is 12.6. The van der Waals surface area contributed by atoms with E-state index in [4.69, 9.17) is 4.74 Å². The SMILES string of the molecule is C1CCOC1.Cc1ccc2ccc3ccc(C)nc3c2n1. The number of hydrogen-bond acceptors (Lipinski definition) is 3. The molecule has 3 aromatic rings. The van der Waals surface area contributed by atoms with Crippen LogP contribution in [-0.2, 0) is 4.74 Å². The summed E-state index contributed by atoms with van der Waals surface area (Å²) < 4.78 is 4.94. The van der Waals surface area contributed by atoms with Gasteiger partial charge in [0.1, 0.15) is 0 Å². The third-order valence-corrected chi connectivity index (χ3v) is 3.63. The Morgan fingerprint density at radius 3 is 1.52 bits per heavy atom. The summed E-state index contributed by atoms with van der Waals surface area (Å²) >= 11 is 0. The summed E-state index contributed by atoms with van der Waals surface area (Å²) in [6.45, 7) is 6.02. The normalized spacial score (nSPS) is 14.2. The van der Waals surface area contributed by atoms with Crippen LogP contribution in [0.25, 0.3) is 21.8 Å². The van der Waals surface area contributed by atoms with E-state index in [1.807, 2.05) is 26.0 Å². The van der Waals surface area contributed by atoms with E-state index in [0.29, 0.717) is 0 Å². The van der Waals surface area contributed by atoms with Crippen LogP contribution >= 0.6 is 0 Å². The van der Waals surface area contributed by atoms with Gasteiger partial charge in [-0.1, -0.05) is 24.3 Å². The first kappa shape index (κ1) is 14.0. The lowest BCUT2D eigenvalue weighted by Gasteiger charge is -2.04. The first-order valence-corrected chi connectivity index (χ1v) is 7.45. The second-order valence-electron chi connectivity index (χ2n) is 5.43. The van der Waals surface area contributed by atoms with Crippen molar-refractivity contribution in [2.75, 3.05) is 13.2 Å². The number of pyridine rings is 2. The molecule has 1 aromatic carbocycles. The number of nitrogens with zero attached hydrogens (tertiary/aromatic N) is 2. The van der Waals surface area contributed by atoms with Gasteiger partial charge < -0.3 is 4.74 Å². The molecular formula is C18H20N2O. The Balaban J connectivity index is 0.000000225. The standard InChI is InChI=1S/C14H12N2.C4H8O/c1-9-3-5-11-7-8-12-6-4-10(2)16-14(12)13(11)15-9;1-2-4-5-3-1/h3-8H,1-2H3;1-4H2. The maximum absolute atomic E-state index is 4.94. The molecule has 21 heavy (non-hydrogen) atoms. The maximum atomic E-state index is 4.94. The average Bonchev–Trinajstić information content (AvgIpc) is 3.06. The van der Waals surface area contributed by atoms with Crippen molar-refractivity contribution in [3.8, 4) is 0 Å². The maximum Gasteiger partial charge on any atom is 0.0967 e. The first-order valence-electron chi connectivity index (χ1n) is 7.45. The van der Waals surface area contributed by atoms with Crippen LogP contribution in [-0.4, -0.2) is 23.2 Å². The highest BCUT2D eigenvalue weighted by Crippen LogP contribution is 2.22. The van der Waals surface area contributed by atoms with E-state index < -0.39 is 0 Å². The molecule has 1 aliphatic rings. The Hall–Kier alpha value is -2.00. The molecule has 2 aromatic heterocycles. The summed E-state index contributed by atoms with van der Waals surface area (Å²) in [5.74, 6) is 0. The molecule has 3 nitrogen and oxygen atoms in total. The lowest BCUT2D eigenvalue weighted by atomic mass is 10.1. The van der Waals surface area contributed by atoms with Crippen molar-refractivity contribution in [2.24, 2.45) is 0 Å². The number of ether oxygens (including phenoxy) is 1. The van der Waals surface area contributed by atoms with Crippen molar-refractivity contribution >= 4 is 21.8 Å². The smallest absolute Gasteiger partial charge is 0.0967 e. The predicted octanol–water partition coefficient (Wildman–Crippen LogP) is 4.20. The molecule has 1 aliphatic heterocycles. The summed E-state index contributed by atoms with van der Waals surface area (Å²) in [5, 5.41) is 2.30. The van der Waals surface area contributed by atoms with Crippen LogP contribution in [0.1, 0.15) is 24.2 Å². The minimum absolute atomic E-state index is 1.00. The van der Waals surface area contributed by atoms with Crippen molar-refractivity contribution in [2.45, 2.75) is 26.7 Å². The van der Waals surface area contributed by atoms with Crippen molar-refractivity contribution in [1.29, 1.82) is 0 Å². The molecule has 0 radical (unpaired) electrons. The van der Waals surface area contributed by atoms with Crippen LogP contribution in [0.3, 0.4) is 0 Å². The fourth-order valence-corrected chi connectivity index (χ4v) is 2.47. The molecule has 0 saturated carbocycles. The van der Waals surface area contributed by atoms with Crippen LogP contribution in [0.15, 0.2) is 36.4 Å². The van der Waals surface area contributed by atoms with E-state index in [1.165, 1.54) is 12.8 Å². The Labute approximate surface area is 125 Å². The predicted molar refractivity (Wildman–Crippen MR) is 86.6 cm³/mol. The zero-order chi connectivity index (χ0) is 14.7. The van der Waals surface area contributed by atoms with E-state index in [1.54, 1.807) is 0 Å². The Kier molecular flexibility index (Phi) is 4.11. The van der Waals surface area contributed by atoms with Gasteiger partial charge in [0.05, 0.1) is 11.0 Å². The van der Waals surface area contributed by atoms with Crippen LogP contribution < -0.4 is 0 Å². The molecule has 0 N–H and O–H groups in total. The molecular weight excluding hydrogens is 260 g/mol. The highest BCUT2D eigenvalue weighted by molar-refractivity contribution is 6.02. The number of benzene rings is 1. The van der Waals surface area contributed by atoms with Gasteiger partial charge in [-0.3, -0.25) is 9.97 Å². The summed E-state index contributed by atoms with van der Waals surface area (Å²) in [7, 11) is 0. The van der Waals surface area contributed by atoms with Gasteiger partial charge in [-0.05, 0) is 38.8 Å². The number of aromatic nitrogens is 2. The van der Waals surface area contributed by atoms with Gasteiger partial charge in [-0.15, -0.1) is 0 Å². The number of rotatable bonds is 0. The van der Waals surface area contributed by atoms with Gasteiger partial charge in [0.2, 0.25) is 0 Å². The fourth-order valence-electron chi connectivity index (χ4n) is 2.47. The molecule has 4 rings (SSSR count). The average molecular weight is 280 g/mol. The van der Waals surface area contributed by atoms with Gasteiger partial charge in [0, 0.05) is 35.4 Å². The largest absolute Gasteiger partial charge is 0.381 e. The Morgan fingerprint density at radius 2 is 1.14 bits per heavy atom. The molecule has 1 fully saturated rings. The second-order valence-corrected chi connectivity index (χ2v) is 5.43. The van der Waals surface area contributed by atoms with E-state index >= 15 is 0 Å². The van der Waals surface area contributed by atoms with Gasteiger partial charge in [-0.2, -0.15) is 0 Å².